The lowest BCUT2D eigenvalue weighted by atomic mass is 9.98. The maximum absolute atomic E-state index is 9.48. The van der Waals surface area contributed by atoms with Gasteiger partial charge in [0.15, 0.2) is 0 Å². The van der Waals surface area contributed by atoms with Gasteiger partial charge in [-0.15, -0.1) is 0 Å². The van der Waals surface area contributed by atoms with E-state index in [2.05, 4.69) is 34.5 Å². The van der Waals surface area contributed by atoms with E-state index < -0.39 is 0 Å². The van der Waals surface area contributed by atoms with E-state index in [4.69, 9.17) is 0 Å². The number of hydrogen-bond donors (Lipinski definition) is 2. The molecule has 0 saturated carbocycles. The molecule has 0 unspecified atom stereocenters. The molecular weight excluding hydrogens is 236 g/mol. The van der Waals surface area contributed by atoms with Crippen molar-refractivity contribution in [2.45, 2.75) is 6.61 Å². The minimum absolute atomic E-state index is 0.0391. The van der Waals surface area contributed by atoms with Crippen molar-refractivity contribution in [2.24, 2.45) is 0 Å². The van der Waals surface area contributed by atoms with Gasteiger partial charge in [0, 0.05) is 10.9 Å². The SMILES string of the molecule is OCc1cccc2c1C=Cc1cccc3[nH]nc-2c13. The topological polar surface area (TPSA) is 48.9 Å². The first-order valence-electron chi connectivity index (χ1n) is 6.27. The van der Waals surface area contributed by atoms with Crippen LogP contribution < -0.4 is 0 Å². The molecule has 4 rings (SSSR count). The summed E-state index contributed by atoms with van der Waals surface area (Å²) in [7, 11) is 0. The third kappa shape index (κ3) is 1.39. The van der Waals surface area contributed by atoms with E-state index in [0.717, 1.165) is 38.9 Å². The predicted molar refractivity (Wildman–Crippen MR) is 76.4 cm³/mol. The van der Waals surface area contributed by atoms with E-state index in [-0.39, 0.29) is 6.61 Å². The molecule has 2 N–H and O–H groups in total. The summed E-state index contributed by atoms with van der Waals surface area (Å²) in [4.78, 5) is 0. The number of nitrogens with one attached hydrogen (secondary N) is 1. The summed E-state index contributed by atoms with van der Waals surface area (Å²) in [6, 6.07) is 12.1. The number of hydrogen-bond acceptors (Lipinski definition) is 2. The molecule has 0 fully saturated rings. The molecule has 0 spiro atoms. The monoisotopic (exact) mass is 248 g/mol. The number of benzene rings is 2. The zero-order valence-electron chi connectivity index (χ0n) is 10.2. The molecule has 0 amide bonds. The van der Waals surface area contributed by atoms with E-state index >= 15 is 0 Å². The molecule has 1 aliphatic carbocycles. The van der Waals surface area contributed by atoms with Gasteiger partial charge in [0.05, 0.1) is 12.1 Å². The lowest BCUT2D eigenvalue weighted by Crippen LogP contribution is -1.91. The van der Waals surface area contributed by atoms with Crippen LogP contribution in [0, 0.1) is 0 Å². The molecule has 3 heteroatoms. The Kier molecular flexibility index (Phi) is 2.11. The summed E-state index contributed by atoms with van der Waals surface area (Å²) in [5, 5.41) is 18.2. The Hall–Kier alpha value is -2.39. The molecule has 0 aliphatic heterocycles. The standard InChI is InChI=1S/C16H12N2O/c19-9-11-4-1-5-13-12(11)8-7-10-3-2-6-14-15(10)16(13)18-17-14/h1-8,19H,9H2,(H,17,18). The van der Waals surface area contributed by atoms with Gasteiger partial charge >= 0.3 is 0 Å². The fourth-order valence-corrected chi connectivity index (χ4v) is 2.76. The molecular formula is C16H12N2O. The number of nitrogens with zero attached hydrogens (tertiary/aromatic N) is 1. The first kappa shape index (κ1) is 10.5. The number of rotatable bonds is 1. The van der Waals surface area contributed by atoms with Crippen molar-refractivity contribution in [3.8, 4) is 11.3 Å². The smallest absolute Gasteiger partial charge is 0.101 e. The summed E-state index contributed by atoms with van der Waals surface area (Å²) >= 11 is 0. The van der Waals surface area contributed by atoms with E-state index in [9.17, 15) is 5.11 Å². The number of aromatic nitrogens is 2. The number of H-pyrrole nitrogens is 1. The average Bonchev–Trinajstić information content (AvgIpc) is 2.81. The normalized spacial score (nSPS) is 12.5. The lowest BCUT2D eigenvalue weighted by molar-refractivity contribution is 0.281. The first-order valence-corrected chi connectivity index (χ1v) is 6.27. The van der Waals surface area contributed by atoms with Crippen LogP contribution in [-0.2, 0) is 6.61 Å². The summed E-state index contributed by atoms with van der Waals surface area (Å²) in [5.41, 5.74) is 6.20. The van der Waals surface area contributed by atoms with Gasteiger partial charge in [-0.1, -0.05) is 42.5 Å². The molecule has 3 aromatic rings. The van der Waals surface area contributed by atoms with Crippen molar-refractivity contribution in [3.63, 3.8) is 0 Å². The Bertz CT molecular complexity index is 815. The average molecular weight is 248 g/mol. The molecule has 0 atom stereocenters. The zero-order chi connectivity index (χ0) is 12.8. The Labute approximate surface area is 110 Å². The summed E-state index contributed by atoms with van der Waals surface area (Å²) in [5.74, 6) is 0. The zero-order valence-corrected chi connectivity index (χ0v) is 10.2. The third-order valence-electron chi connectivity index (χ3n) is 3.67. The maximum Gasteiger partial charge on any atom is 0.101 e. The van der Waals surface area contributed by atoms with Crippen LogP contribution in [0.3, 0.4) is 0 Å². The van der Waals surface area contributed by atoms with Crippen LogP contribution in [0.4, 0.5) is 0 Å². The molecule has 0 saturated heterocycles. The number of aromatic amines is 1. The van der Waals surface area contributed by atoms with Gasteiger partial charge in [-0.05, 0) is 22.8 Å². The molecule has 1 heterocycles. The van der Waals surface area contributed by atoms with Crippen LogP contribution >= 0.6 is 0 Å². The van der Waals surface area contributed by atoms with Crippen LogP contribution in [0.2, 0.25) is 0 Å². The van der Waals surface area contributed by atoms with Gasteiger partial charge in [0.2, 0.25) is 0 Å². The Morgan fingerprint density at radius 2 is 1.95 bits per heavy atom. The first-order chi connectivity index (χ1) is 9.38. The minimum Gasteiger partial charge on any atom is -0.392 e. The Balaban J connectivity index is 2.16. The van der Waals surface area contributed by atoms with Crippen molar-refractivity contribution < 1.29 is 5.11 Å². The number of fused-ring (bicyclic) bond motifs is 2. The van der Waals surface area contributed by atoms with Crippen LogP contribution in [0.15, 0.2) is 36.4 Å². The highest BCUT2D eigenvalue weighted by molar-refractivity contribution is 6.04. The van der Waals surface area contributed by atoms with Gasteiger partial charge < -0.3 is 5.11 Å². The molecule has 0 radical (unpaired) electrons. The highest BCUT2D eigenvalue weighted by atomic mass is 16.3. The van der Waals surface area contributed by atoms with Crippen LogP contribution in [0.25, 0.3) is 34.3 Å². The summed E-state index contributed by atoms with van der Waals surface area (Å²) in [6.45, 7) is 0.0391. The lowest BCUT2D eigenvalue weighted by Gasteiger charge is -2.07. The summed E-state index contributed by atoms with van der Waals surface area (Å²) in [6.07, 6.45) is 4.16. The Morgan fingerprint density at radius 3 is 2.84 bits per heavy atom. The fourth-order valence-electron chi connectivity index (χ4n) is 2.76. The van der Waals surface area contributed by atoms with E-state index in [1.54, 1.807) is 0 Å². The van der Waals surface area contributed by atoms with E-state index in [1.807, 2.05) is 24.3 Å². The summed E-state index contributed by atoms with van der Waals surface area (Å²) < 4.78 is 0. The third-order valence-corrected chi connectivity index (χ3v) is 3.67. The largest absolute Gasteiger partial charge is 0.392 e. The van der Waals surface area contributed by atoms with E-state index in [0.29, 0.717) is 0 Å². The maximum atomic E-state index is 9.48. The van der Waals surface area contributed by atoms with Crippen molar-refractivity contribution in [1.82, 2.24) is 10.2 Å². The molecule has 1 aromatic heterocycles. The minimum atomic E-state index is 0.0391. The van der Waals surface area contributed by atoms with Crippen molar-refractivity contribution >= 4 is 23.1 Å². The second-order valence-corrected chi connectivity index (χ2v) is 4.71. The van der Waals surface area contributed by atoms with Crippen molar-refractivity contribution in [3.05, 3.63) is 53.1 Å². The second kappa shape index (κ2) is 3.80. The van der Waals surface area contributed by atoms with Crippen LogP contribution in [0.5, 0.6) is 0 Å². The Morgan fingerprint density at radius 1 is 1.05 bits per heavy atom. The van der Waals surface area contributed by atoms with Crippen molar-refractivity contribution in [2.75, 3.05) is 0 Å². The van der Waals surface area contributed by atoms with Crippen LogP contribution in [-0.4, -0.2) is 15.3 Å². The number of aliphatic hydroxyl groups excluding tert-OH is 1. The van der Waals surface area contributed by atoms with Gasteiger partial charge in [-0.3, -0.25) is 5.10 Å². The predicted octanol–water partition coefficient (Wildman–Crippen LogP) is 3.21. The molecule has 19 heavy (non-hydrogen) atoms. The molecule has 2 aromatic carbocycles. The van der Waals surface area contributed by atoms with Gasteiger partial charge in [0.25, 0.3) is 0 Å². The highest BCUT2D eigenvalue weighted by Crippen LogP contribution is 2.36. The quantitative estimate of drug-likeness (QED) is 0.543. The van der Waals surface area contributed by atoms with Gasteiger partial charge in [0.1, 0.15) is 5.69 Å². The van der Waals surface area contributed by atoms with Gasteiger partial charge in [-0.25, -0.2) is 0 Å². The molecule has 92 valence electrons. The highest BCUT2D eigenvalue weighted by Gasteiger charge is 2.17. The van der Waals surface area contributed by atoms with Crippen molar-refractivity contribution in [1.29, 1.82) is 0 Å². The van der Waals surface area contributed by atoms with Gasteiger partial charge in [-0.2, -0.15) is 5.10 Å². The fraction of sp³-hybridized carbons (Fsp3) is 0.0625. The number of aliphatic hydroxyl groups is 1. The molecule has 0 bridgehead atoms. The molecule has 1 aliphatic rings. The van der Waals surface area contributed by atoms with E-state index in [1.165, 1.54) is 0 Å². The van der Waals surface area contributed by atoms with Crippen LogP contribution in [0.1, 0.15) is 16.7 Å². The second-order valence-electron chi connectivity index (χ2n) is 4.71. The molecule has 3 nitrogen and oxygen atoms in total.